The summed E-state index contributed by atoms with van der Waals surface area (Å²) in [6, 6.07) is 15.0. The van der Waals surface area contributed by atoms with Crippen LogP contribution in [0.3, 0.4) is 0 Å². The number of nitrogens with zero attached hydrogens (tertiary/aromatic N) is 3. The lowest BCUT2D eigenvalue weighted by Gasteiger charge is -2.57. The Labute approximate surface area is 287 Å². The molecule has 2 aromatic rings. The van der Waals surface area contributed by atoms with Gasteiger partial charge in [-0.2, -0.15) is 0 Å². The van der Waals surface area contributed by atoms with Gasteiger partial charge in [-0.1, -0.05) is 60.7 Å². The number of fused-ring (bicyclic) bond motifs is 2. The molecule has 49 heavy (non-hydrogen) atoms. The predicted molar refractivity (Wildman–Crippen MR) is 184 cm³/mol. The Kier molecular flexibility index (Phi) is 12.0. The number of piperidine rings is 1. The van der Waals surface area contributed by atoms with Gasteiger partial charge in [-0.05, 0) is 63.1 Å². The Bertz CT molecular complexity index is 1460. The molecule has 13 nitrogen and oxygen atoms in total. The van der Waals surface area contributed by atoms with Gasteiger partial charge < -0.3 is 37.6 Å². The van der Waals surface area contributed by atoms with E-state index in [1.165, 1.54) is 0 Å². The number of hydrogen-bond acceptors (Lipinski definition) is 8. The molecule has 0 saturated carbocycles. The summed E-state index contributed by atoms with van der Waals surface area (Å²) in [6.45, 7) is 3.65. The molecule has 264 valence electrons. The number of carbonyl (C=O) groups is 5. The second kappa shape index (κ2) is 16.4. The monoisotopic (exact) mass is 674 g/mol. The highest BCUT2D eigenvalue weighted by Gasteiger charge is 2.52. The Balaban J connectivity index is 1.27. The van der Waals surface area contributed by atoms with Gasteiger partial charge in [0.05, 0.1) is 12.6 Å². The average Bonchev–Trinajstić information content (AvgIpc) is 3.34. The first-order valence-electron chi connectivity index (χ1n) is 17.3. The standard InChI is InChI=1S/C36H50N8O5/c1-23-16-30(35(48)43(23)31(14-8-9-15-37)36(49)44-26-19-27(44)21-42(20-26)22-32(39)45)41-34(47)29(18-25-12-6-3-7-13-25)40-33(46)28(38)17-24-10-4-2-5-11-24/h2-7,10-13,23,26-31H,8-9,14-22,37-38H2,1H3,(H2,39,45)(H,40,46)(H,41,47). The van der Waals surface area contributed by atoms with Crippen molar-refractivity contribution in [2.24, 2.45) is 17.2 Å². The molecule has 3 aliphatic heterocycles. The average molecular weight is 675 g/mol. The van der Waals surface area contributed by atoms with E-state index < -0.39 is 41.9 Å². The van der Waals surface area contributed by atoms with Crippen LogP contribution in [0, 0.1) is 0 Å². The van der Waals surface area contributed by atoms with Crippen LogP contribution in [0.2, 0.25) is 0 Å². The van der Waals surface area contributed by atoms with Crippen LogP contribution in [-0.2, 0) is 36.8 Å². The van der Waals surface area contributed by atoms with E-state index in [2.05, 4.69) is 10.6 Å². The first-order valence-corrected chi connectivity index (χ1v) is 17.3. The molecule has 2 bridgehead atoms. The third-order valence-electron chi connectivity index (χ3n) is 9.93. The minimum atomic E-state index is -0.973. The van der Waals surface area contributed by atoms with Crippen LogP contribution in [0.25, 0.3) is 0 Å². The highest BCUT2D eigenvalue weighted by atomic mass is 16.2. The van der Waals surface area contributed by atoms with E-state index in [9.17, 15) is 24.0 Å². The molecular weight excluding hydrogens is 624 g/mol. The van der Waals surface area contributed by atoms with Crippen LogP contribution >= 0.6 is 0 Å². The number of likely N-dealkylation sites (tertiary alicyclic amines) is 3. The smallest absolute Gasteiger partial charge is 0.246 e. The van der Waals surface area contributed by atoms with Crippen molar-refractivity contribution < 1.29 is 24.0 Å². The maximum atomic E-state index is 14.1. The van der Waals surface area contributed by atoms with Crippen molar-refractivity contribution in [2.75, 3.05) is 26.2 Å². The fourth-order valence-corrected chi connectivity index (χ4v) is 7.55. The number of primary amides is 1. The highest BCUT2D eigenvalue weighted by Crippen LogP contribution is 2.35. The van der Waals surface area contributed by atoms with Gasteiger partial charge >= 0.3 is 0 Å². The number of benzene rings is 2. The third-order valence-corrected chi connectivity index (χ3v) is 9.93. The Morgan fingerprint density at radius 3 is 2.08 bits per heavy atom. The number of hydrogen-bond donors (Lipinski definition) is 5. The summed E-state index contributed by atoms with van der Waals surface area (Å²) in [6.07, 6.45) is 3.54. The molecule has 3 heterocycles. The molecule has 3 saturated heterocycles. The van der Waals surface area contributed by atoms with Crippen LogP contribution < -0.4 is 27.8 Å². The summed E-state index contributed by atoms with van der Waals surface area (Å²) in [5, 5.41) is 5.74. The topological polar surface area (TPSA) is 197 Å². The minimum Gasteiger partial charge on any atom is -0.369 e. The summed E-state index contributed by atoms with van der Waals surface area (Å²) in [5.41, 5.74) is 19.2. The lowest BCUT2D eigenvalue weighted by molar-refractivity contribution is -0.163. The molecule has 2 aromatic carbocycles. The molecular formula is C36H50N8O5. The van der Waals surface area contributed by atoms with Gasteiger partial charge in [0.2, 0.25) is 29.5 Å². The van der Waals surface area contributed by atoms with Gasteiger partial charge in [0.15, 0.2) is 0 Å². The molecule has 0 aliphatic carbocycles. The minimum absolute atomic E-state index is 0.0401. The molecule has 13 heteroatoms. The number of nitrogens with two attached hydrogens (primary N) is 3. The summed E-state index contributed by atoms with van der Waals surface area (Å²) in [5.74, 6) is -1.78. The number of rotatable bonds is 16. The lowest BCUT2D eigenvalue weighted by Crippen LogP contribution is -2.72. The quantitative estimate of drug-likeness (QED) is 0.149. The Hall–Kier alpha value is -4.33. The van der Waals surface area contributed by atoms with E-state index in [1.807, 2.05) is 77.4 Å². The molecule has 8 N–H and O–H groups in total. The highest BCUT2D eigenvalue weighted by molar-refractivity contribution is 5.96. The first-order chi connectivity index (χ1) is 23.5. The lowest BCUT2D eigenvalue weighted by atomic mass is 9.85. The van der Waals surface area contributed by atoms with Crippen molar-refractivity contribution in [2.45, 2.75) is 94.2 Å². The van der Waals surface area contributed by atoms with Crippen molar-refractivity contribution in [3.8, 4) is 0 Å². The number of amides is 5. The van der Waals surface area contributed by atoms with Gasteiger partial charge in [-0.25, -0.2) is 0 Å². The Morgan fingerprint density at radius 1 is 0.878 bits per heavy atom. The number of unbranched alkanes of at least 4 members (excludes halogenated alkanes) is 1. The van der Waals surface area contributed by atoms with Crippen molar-refractivity contribution >= 4 is 29.5 Å². The van der Waals surface area contributed by atoms with Gasteiger partial charge in [0, 0.05) is 37.6 Å². The maximum Gasteiger partial charge on any atom is 0.246 e. The second-order valence-electron chi connectivity index (χ2n) is 13.7. The van der Waals surface area contributed by atoms with Crippen LogP contribution in [-0.4, -0.2) is 113 Å². The van der Waals surface area contributed by atoms with Gasteiger partial charge in [-0.15, -0.1) is 0 Å². The third kappa shape index (κ3) is 8.83. The van der Waals surface area contributed by atoms with Crippen molar-refractivity contribution in [1.29, 1.82) is 0 Å². The normalized spacial score (nSPS) is 23.7. The molecule has 7 atom stereocenters. The SMILES string of the molecule is CC1CC(NC(=O)C(Cc2ccccc2)NC(=O)C(N)Cc2ccccc2)C(=O)N1C(CCCCN)C(=O)N1C2CC1CN(CC(N)=O)C2. The molecule has 7 unspecified atom stereocenters. The summed E-state index contributed by atoms with van der Waals surface area (Å²) >= 11 is 0. The van der Waals surface area contributed by atoms with Crippen LogP contribution in [0.1, 0.15) is 50.2 Å². The Morgan fingerprint density at radius 2 is 1.49 bits per heavy atom. The molecule has 3 aliphatic rings. The van der Waals surface area contributed by atoms with E-state index in [0.29, 0.717) is 51.7 Å². The van der Waals surface area contributed by atoms with E-state index in [0.717, 1.165) is 17.5 Å². The largest absolute Gasteiger partial charge is 0.369 e. The molecule has 5 amide bonds. The predicted octanol–water partition coefficient (Wildman–Crippen LogP) is -0.342. The van der Waals surface area contributed by atoms with Crippen molar-refractivity contribution in [1.82, 2.24) is 25.3 Å². The number of piperazine rings is 1. The first kappa shape index (κ1) is 36.0. The van der Waals surface area contributed by atoms with Gasteiger partial charge in [-0.3, -0.25) is 28.9 Å². The zero-order chi connectivity index (χ0) is 35.1. The van der Waals surface area contributed by atoms with Crippen LogP contribution in [0.4, 0.5) is 0 Å². The molecule has 0 spiro atoms. The second-order valence-corrected chi connectivity index (χ2v) is 13.7. The maximum absolute atomic E-state index is 14.1. The fraction of sp³-hybridized carbons (Fsp3) is 0.528. The molecule has 5 rings (SSSR count). The number of nitrogens with one attached hydrogen (secondary N) is 2. The van der Waals surface area contributed by atoms with E-state index >= 15 is 0 Å². The molecule has 0 aromatic heterocycles. The van der Waals surface area contributed by atoms with Gasteiger partial charge in [0.1, 0.15) is 18.1 Å². The van der Waals surface area contributed by atoms with E-state index in [4.69, 9.17) is 17.2 Å². The van der Waals surface area contributed by atoms with E-state index in [-0.39, 0.29) is 42.9 Å². The zero-order valence-electron chi connectivity index (χ0n) is 28.2. The fourth-order valence-electron chi connectivity index (χ4n) is 7.55. The van der Waals surface area contributed by atoms with Crippen LogP contribution in [0.15, 0.2) is 60.7 Å². The number of carbonyl (C=O) groups excluding carboxylic acids is 5. The van der Waals surface area contributed by atoms with Crippen LogP contribution in [0.5, 0.6) is 0 Å². The summed E-state index contributed by atoms with van der Waals surface area (Å²) < 4.78 is 0. The van der Waals surface area contributed by atoms with Crippen molar-refractivity contribution in [3.05, 3.63) is 71.8 Å². The molecule has 3 fully saturated rings. The molecule has 0 radical (unpaired) electrons. The van der Waals surface area contributed by atoms with Crippen molar-refractivity contribution in [3.63, 3.8) is 0 Å². The summed E-state index contributed by atoms with van der Waals surface area (Å²) in [4.78, 5) is 72.2. The summed E-state index contributed by atoms with van der Waals surface area (Å²) in [7, 11) is 0. The van der Waals surface area contributed by atoms with Gasteiger partial charge in [0.25, 0.3) is 0 Å². The van der Waals surface area contributed by atoms with E-state index in [1.54, 1.807) is 4.90 Å². The zero-order valence-corrected chi connectivity index (χ0v) is 28.2.